The monoisotopic (exact) mass is 502 g/mol. The van der Waals surface area contributed by atoms with E-state index in [1.165, 1.54) is 34.8 Å². The van der Waals surface area contributed by atoms with Crippen LogP contribution in [-0.2, 0) is 25.7 Å². The van der Waals surface area contributed by atoms with Crippen LogP contribution in [0.2, 0.25) is 0 Å². The van der Waals surface area contributed by atoms with E-state index in [2.05, 4.69) is 29.5 Å². The molecule has 2 heterocycles. The van der Waals surface area contributed by atoms with Gasteiger partial charge in [0, 0.05) is 37.4 Å². The molecule has 2 aromatic rings. The average Bonchev–Trinajstić information content (AvgIpc) is 3.28. The largest absolute Gasteiger partial charge is 0.469 e. The molecule has 0 fully saturated rings. The van der Waals surface area contributed by atoms with Crippen LogP contribution in [0.3, 0.4) is 0 Å². The molecule has 0 amide bonds. The summed E-state index contributed by atoms with van der Waals surface area (Å²) in [6, 6.07) is 3.93. The topological polar surface area (TPSA) is 62.5 Å². The summed E-state index contributed by atoms with van der Waals surface area (Å²) >= 11 is 1.90. The molecule has 7 heteroatoms. The second kappa shape index (κ2) is 11.7. The fourth-order valence-electron chi connectivity index (χ4n) is 3.01. The quantitative estimate of drug-likeness (QED) is 0.323. The van der Waals surface area contributed by atoms with Gasteiger partial charge in [0.25, 0.3) is 0 Å². The van der Waals surface area contributed by atoms with Crippen molar-refractivity contribution in [3.63, 3.8) is 0 Å². The summed E-state index contributed by atoms with van der Waals surface area (Å²) in [6.07, 6.45) is 8.52. The molecule has 3 rings (SSSR count). The lowest BCUT2D eigenvalue weighted by Crippen LogP contribution is -2.39. The van der Waals surface area contributed by atoms with E-state index in [1.807, 2.05) is 23.5 Å². The third-order valence-corrected chi connectivity index (χ3v) is 5.60. The lowest BCUT2D eigenvalue weighted by atomic mass is 10.0. The highest BCUT2D eigenvalue weighted by Crippen LogP contribution is 2.26. The van der Waals surface area contributed by atoms with Crippen LogP contribution < -0.4 is 10.6 Å². The molecule has 27 heavy (non-hydrogen) atoms. The van der Waals surface area contributed by atoms with Crippen LogP contribution in [-0.4, -0.2) is 30.6 Å². The molecule has 0 spiro atoms. The van der Waals surface area contributed by atoms with Gasteiger partial charge in [-0.25, -0.2) is 4.98 Å². The smallest absolute Gasteiger partial charge is 0.191 e. The molecule has 0 aromatic carbocycles. The second-order valence-electron chi connectivity index (χ2n) is 7.20. The zero-order chi connectivity index (χ0) is 18.2. The summed E-state index contributed by atoms with van der Waals surface area (Å²) in [5, 5.41) is 8.12. The number of rotatable bonds is 8. The number of furan rings is 1. The number of fused-ring (bicyclic) bond motifs is 1. The number of thiazole rings is 1. The molecule has 5 nitrogen and oxygen atoms in total. The van der Waals surface area contributed by atoms with E-state index in [1.54, 1.807) is 6.26 Å². The van der Waals surface area contributed by atoms with Gasteiger partial charge in [-0.05, 0) is 43.7 Å². The zero-order valence-electron chi connectivity index (χ0n) is 16.3. The third-order valence-electron chi connectivity index (χ3n) is 4.38. The van der Waals surface area contributed by atoms with Crippen LogP contribution in [0.15, 0.2) is 27.8 Å². The average molecular weight is 502 g/mol. The first kappa shape index (κ1) is 22.2. The van der Waals surface area contributed by atoms with Gasteiger partial charge in [0.2, 0.25) is 0 Å². The lowest BCUT2D eigenvalue weighted by Gasteiger charge is -2.12. The van der Waals surface area contributed by atoms with Crippen LogP contribution >= 0.6 is 35.3 Å². The predicted octanol–water partition coefficient (Wildman–Crippen LogP) is 4.21. The number of nitrogens with one attached hydrogen (secondary N) is 2. The van der Waals surface area contributed by atoms with Crippen molar-refractivity contribution in [2.45, 2.75) is 52.4 Å². The molecule has 1 aliphatic carbocycles. The standard InChI is InChI=1S/C20H30N4OS.HI/c1-15(2)14-23-20(21-11-9-16-6-5-13-25-16)22-12-10-19-24-17-7-3-4-8-18(17)26-19;/h5-6,13,15H,3-4,7-12,14H2,1-2H3,(H2,21,22,23);1H. The van der Waals surface area contributed by atoms with Gasteiger partial charge in [-0.1, -0.05) is 13.8 Å². The fourth-order valence-corrected chi connectivity index (χ4v) is 4.16. The molecule has 150 valence electrons. The van der Waals surface area contributed by atoms with Gasteiger partial charge in [-0.15, -0.1) is 35.3 Å². The van der Waals surface area contributed by atoms with Gasteiger partial charge in [0.1, 0.15) is 5.76 Å². The zero-order valence-corrected chi connectivity index (χ0v) is 19.4. The van der Waals surface area contributed by atoms with Gasteiger partial charge in [-0.2, -0.15) is 0 Å². The minimum Gasteiger partial charge on any atom is -0.469 e. The lowest BCUT2D eigenvalue weighted by molar-refractivity contribution is 0.506. The normalized spacial score (nSPS) is 14.0. The molecule has 0 unspecified atom stereocenters. The van der Waals surface area contributed by atoms with Crippen molar-refractivity contribution < 1.29 is 4.42 Å². The summed E-state index contributed by atoms with van der Waals surface area (Å²) in [7, 11) is 0. The molecule has 0 radical (unpaired) electrons. The number of aryl methyl sites for hydroxylation is 2. The van der Waals surface area contributed by atoms with Crippen molar-refractivity contribution in [3.05, 3.63) is 39.7 Å². The number of nitrogens with zero attached hydrogens (tertiary/aromatic N) is 2. The predicted molar refractivity (Wildman–Crippen MR) is 123 cm³/mol. The first-order valence-electron chi connectivity index (χ1n) is 9.72. The van der Waals surface area contributed by atoms with Crippen LogP contribution in [0.25, 0.3) is 0 Å². The molecule has 0 atom stereocenters. The Balaban J connectivity index is 0.00000261. The Kier molecular flexibility index (Phi) is 9.61. The Bertz CT molecular complexity index is 673. The number of guanidine groups is 1. The maximum atomic E-state index is 5.39. The van der Waals surface area contributed by atoms with Gasteiger partial charge >= 0.3 is 0 Å². The number of aromatic nitrogens is 1. The van der Waals surface area contributed by atoms with E-state index in [9.17, 15) is 0 Å². The van der Waals surface area contributed by atoms with Gasteiger partial charge in [-0.3, -0.25) is 4.99 Å². The highest BCUT2D eigenvalue weighted by Gasteiger charge is 2.14. The summed E-state index contributed by atoms with van der Waals surface area (Å²) in [4.78, 5) is 11.0. The highest BCUT2D eigenvalue weighted by atomic mass is 127. The molecular formula is C20H31IN4OS. The molecule has 0 bridgehead atoms. The van der Waals surface area contributed by atoms with Crippen molar-refractivity contribution in [3.8, 4) is 0 Å². The second-order valence-corrected chi connectivity index (χ2v) is 8.37. The van der Waals surface area contributed by atoms with E-state index in [0.29, 0.717) is 5.92 Å². The minimum absolute atomic E-state index is 0. The molecule has 2 N–H and O–H groups in total. The van der Waals surface area contributed by atoms with Crippen molar-refractivity contribution in [1.29, 1.82) is 0 Å². The molecule has 0 saturated heterocycles. The van der Waals surface area contributed by atoms with Crippen LogP contribution in [0.4, 0.5) is 0 Å². The van der Waals surface area contributed by atoms with E-state index in [4.69, 9.17) is 9.40 Å². The van der Waals surface area contributed by atoms with Crippen molar-refractivity contribution in [2.75, 3.05) is 19.6 Å². The Hall–Kier alpha value is -1.09. The molecule has 0 aliphatic heterocycles. The van der Waals surface area contributed by atoms with Crippen LogP contribution in [0.1, 0.15) is 48.0 Å². The number of halogens is 1. The summed E-state index contributed by atoms with van der Waals surface area (Å²) in [5.41, 5.74) is 1.35. The van der Waals surface area contributed by atoms with Crippen LogP contribution in [0.5, 0.6) is 0 Å². The van der Waals surface area contributed by atoms with E-state index in [0.717, 1.165) is 50.6 Å². The fraction of sp³-hybridized carbons (Fsp3) is 0.600. The Morgan fingerprint density at radius 2 is 2.00 bits per heavy atom. The summed E-state index contributed by atoms with van der Waals surface area (Å²) in [6.45, 7) is 6.86. The van der Waals surface area contributed by atoms with Crippen LogP contribution in [0, 0.1) is 5.92 Å². The van der Waals surface area contributed by atoms with E-state index < -0.39 is 0 Å². The van der Waals surface area contributed by atoms with E-state index >= 15 is 0 Å². The maximum absolute atomic E-state index is 5.39. The Morgan fingerprint density at radius 3 is 2.70 bits per heavy atom. The number of aliphatic imine (C=N–C) groups is 1. The van der Waals surface area contributed by atoms with Crippen molar-refractivity contribution in [2.24, 2.45) is 10.9 Å². The van der Waals surface area contributed by atoms with Gasteiger partial charge in [0.05, 0.1) is 17.0 Å². The molecule has 1 aliphatic rings. The number of hydrogen-bond acceptors (Lipinski definition) is 4. The third kappa shape index (κ3) is 7.44. The van der Waals surface area contributed by atoms with Gasteiger partial charge < -0.3 is 15.1 Å². The van der Waals surface area contributed by atoms with Crippen molar-refractivity contribution >= 4 is 41.3 Å². The molecular weight excluding hydrogens is 471 g/mol. The summed E-state index contributed by atoms with van der Waals surface area (Å²) < 4.78 is 5.39. The summed E-state index contributed by atoms with van der Waals surface area (Å²) in [5.74, 6) is 2.42. The Labute approximate surface area is 183 Å². The minimum atomic E-state index is 0. The molecule has 2 aromatic heterocycles. The SMILES string of the molecule is CC(C)CN=C(NCCc1ccco1)NCCc1nc2c(s1)CCCC2.I. The van der Waals surface area contributed by atoms with Gasteiger partial charge in [0.15, 0.2) is 5.96 Å². The maximum Gasteiger partial charge on any atom is 0.191 e. The molecule has 0 saturated carbocycles. The number of hydrogen-bond donors (Lipinski definition) is 2. The highest BCUT2D eigenvalue weighted by molar-refractivity contribution is 14.0. The first-order chi connectivity index (χ1) is 12.7. The Morgan fingerprint density at radius 1 is 1.22 bits per heavy atom. The van der Waals surface area contributed by atoms with E-state index in [-0.39, 0.29) is 24.0 Å². The first-order valence-corrected chi connectivity index (χ1v) is 10.5. The van der Waals surface area contributed by atoms with Crippen molar-refractivity contribution in [1.82, 2.24) is 15.6 Å².